The summed E-state index contributed by atoms with van der Waals surface area (Å²) in [6.07, 6.45) is 1.20. The molecule has 1 aromatic carbocycles. The van der Waals surface area contributed by atoms with E-state index in [1.165, 1.54) is 6.42 Å². The average Bonchev–Trinajstić information content (AvgIpc) is 2.59. The van der Waals surface area contributed by atoms with Crippen LogP contribution in [0.15, 0.2) is 18.2 Å². The van der Waals surface area contributed by atoms with Gasteiger partial charge in [-0.2, -0.15) is 0 Å². The second-order valence-corrected chi connectivity index (χ2v) is 5.54. The molecule has 4 nitrogen and oxygen atoms in total. The minimum atomic E-state index is 0. The highest BCUT2D eigenvalue weighted by atomic mass is 35.5. The van der Waals surface area contributed by atoms with Crippen LogP contribution in [0.25, 0.3) is 11.0 Å². The number of imidazole rings is 1. The quantitative estimate of drug-likeness (QED) is 0.924. The van der Waals surface area contributed by atoms with Crippen molar-refractivity contribution in [2.45, 2.75) is 13.0 Å². The molecule has 2 aromatic rings. The van der Waals surface area contributed by atoms with Crippen LogP contribution in [0.4, 0.5) is 0 Å². The summed E-state index contributed by atoms with van der Waals surface area (Å²) in [7, 11) is 2.07. The van der Waals surface area contributed by atoms with Crippen LogP contribution in [0.1, 0.15) is 12.2 Å². The summed E-state index contributed by atoms with van der Waals surface area (Å²) >= 11 is 6.05. The van der Waals surface area contributed by atoms with Gasteiger partial charge in [-0.1, -0.05) is 11.6 Å². The van der Waals surface area contributed by atoms with E-state index in [0.717, 1.165) is 54.6 Å². The second kappa shape index (κ2) is 6.76. The number of rotatable bonds is 2. The molecule has 1 saturated heterocycles. The zero-order chi connectivity index (χ0) is 13.2. The SMILES string of the molecule is Cl.Cn1c(CN2CCCNCC2)nc2ccc(Cl)cc21. The number of fused-ring (bicyclic) bond motifs is 1. The lowest BCUT2D eigenvalue weighted by Crippen LogP contribution is -2.28. The van der Waals surface area contributed by atoms with Crippen molar-refractivity contribution in [3.8, 4) is 0 Å². The monoisotopic (exact) mass is 314 g/mol. The Morgan fingerprint density at radius 2 is 2.15 bits per heavy atom. The van der Waals surface area contributed by atoms with Crippen molar-refractivity contribution < 1.29 is 0 Å². The molecule has 0 aliphatic carbocycles. The molecule has 0 saturated carbocycles. The predicted molar refractivity (Wildman–Crippen MR) is 85.7 cm³/mol. The highest BCUT2D eigenvalue weighted by Gasteiger charge is 2.14. The summed E-state index contributed by atoms with van der Waals surface area (Å²) in [5, 5.41) is 4.19. The highest BCUT2D eigenvalue weighted by molar-refractivity contribution is 6.31. The Morgan fingerprint density at radius 1 is 1.30 bits per heavy atom. The van der Waals surface area contributed by atoms with Crippen LogP contribution >= 0.6 is 24.0 Å². The second-order valence-electron chi connectivity index (χ2n) is 5.10. The molecule has 0 unspecified atom stereocenters. The maximum absolute atomic E-state index is 6.05. The van der Waals surface area contributed by atoms with Crippen LogP contribution in [0, 0.1) is 0 Å². The number of aromatic nitrogens is 2. The first-order valence-corrected chi connectivity index (χ1v) is 7.16. The van der Waals surface area contributed by atoms with E-state index in [4.69, 9.17) is 16.6 Å². The van der Waals surface area contributed by atoms with Gasteiger partial charge < -0.3 is 9.88 Å². The van der Waals surface area contributed by atoms with Gasteiger partial charge in [-0.05, 0) is 37.7 Å². The highest BCUT2D eigenvalue weighted by Crippen LogP contribution is 2.20. The van der Waals surface area contributed by atoms with E-state index in [1.807, 2.05) is 18.2 Å². The van der Waals surface area contributed by atoms with E-state index in [0.29, 0.717) is 0 Å². The van der Waals surface area contributed by atoms with Crippen LogP contribution in [0.3, 0.4) is 0 Å². The van der Waals surface area contributed by atoms with Gasteiger partial charge in [-0.25, -0.2) is 4.98 Å². The first kappa shape index (κ1) is 15.6. The number of hydrogen-bond donors (Lipinski definition) is 1. The van der Waals surface area contributed by atoms with Crippen molar-refractivity contribution >= 4 is 35.0 Å². The third-order valence-corrected chi connectivity index (χ3v) is 3.97. The lowest BCUT2D eigenvalue weighted by atomic mass is 10.3. The lowest BCUT2D eigenvalue weighted by Gasteiger charge is -2.18. The van der Waals surface area contributed by atoms with Gasteiger partial charge in [-0.15, -0.1) is 12.4 Å². The van der Waals surface area contributed by atoms with Crippen molar-refractivity contribution in [3.05, 3.63) is 29.0 Å². The average molecular weight is 315 g/mol. The van der Waals surface area contributed by atoms with Gasteiger partial charge in [0.2, 0.25) is 0 Å². The van der Waals surface area contributed by atoms with Crippen LogP contribution in [-0.4, -0.2) is 40.6 Å². The Balaban J connectivity index is 0.00000147. The fourth-order valence-corrected chi connectivity index (χ4v) is 2.78. The zero-order valence-corrected chi connectivity index (χ0v) is 13.2. The molecule has 0 bridgehead atoms. The molecule has 1 aliphatic heterocycles. The smallest absolute Gasteiger partial charge is 0.123 e. The molecule has 110 valence electrons. The molecule has 1 aromatic heterocycles. The molecule has 0 atom stereocenters. The molecule has 0 spiro atoms. The Bertz CT molecular complexity index is 574. The summed E-state index contributed by atoms with van der Waals surface area (Å²) in [5.74, 6) is 1.11. The fourth-order valence-electron chi connectivity index (χ4n) is 2.61. The summed E-state index contributed by atoms with van der Waals surface area (Å²) in [5.41, 5.74) is 2.13. The minimum Gasteiger partial charge on any atom is -0.330 e. The van der Waals surface area contributed by atoms with Crippen molar-refractivity contribution in [1.29, 1.82) is 0 Å². The van der Waals surface area contributed by atoms with E-state index >= 15 is 0 Å². The maximum Gasteiger partial charge on any atom is 0.123 e. The minimum absolute atomic E-state index is 0. The number of hydrogen-bond acceptors (Lipinski definition) is 3. The van der Waals surface area contributed by atoms with E-state index in [-0.39, 0.29) is 12.4 Å². The molecule has 2 heterocycles. The first-order valence-electron chi connectivity index (χ1n) is 6.78. The Labute approximate surface area is 130 Å². The third kappa shape index (κ3) is 3.26. The predicted octanol–water partition coefficient (Wildman–Crippen LogP) is 2.44. The van der Waals surface area contributed by atoms with Gasteiger partial charge in [0.15, 0.2) is 0 Å². The van der Waals surface area contributed by atoms with Crippen molar-refractivity contribution in [3.63, 3.8) is 0 Å². The lowest BCUT2D eigenvalue weighted by molar-refractivity contribution is 0.275. The largest absolute Gasteiger partial charge is 0.330 e. The number of aryl methyl sites for hydroxylation is 1. The van der Waals surface area contributed by atoms with E-state index in [2.05, 4.69) is 21.8 Å². The summed E-state index contributed by atoms with van der Waals surface area (Å²) in [6.45, 7) is 5.32. The molecule has 1 N–H and O–H groups in total. The third-order valence-electron chi connectivity index (χ3n) is 3.73. The molecular weight excluding hydrogens is 295 g/mol. The normalized spacial score (nSPS) is 16.9. The number of halogens is 2. The van der Waals surface area contributed by atoms with Crippen LogP contribution in [0.5, 0.6) is 0 Å². The molecular formula is C14H20Cl2N4. The van der Waals surface area contributed by atoms with Gasteiger partial charge in [0.05, 0.1) is 17.6 Å². The van der Waals surface area contributed by atoms with Crippen LogP contribution in [-0.2, 0) is 13.6 Å². The molecule has 1 aliphatic rings. The Morgan fingerprint density at radius 3 is 3.00 bits per heavy atom. The van der Waals surface area contributed by atoms with E-state index in [9.17, 15) is 0 Å². The Hall–Kier alpha value is -0.810. The first-order chi connectivity index (χ1) is 9.24. The summed E-state index contributed by atoms with van der Waals surface area (Å²) < 4.78 is 2.15. The number of benzene rings is 1. The van der Waals surface area contributed by atoms with Gasteiger partial charge in [0.1, 0.15) is 5.82 Å². The molecule has 20 heavy (non-hydrogen) atoms. The molecule has 0 radical (unpaired) electrons. The molecule has 1 fully saturated rings. The van der Waals surface area contributed by atoms with Crippen molar-refractivity contribution in [1.82, 2.24) is 19.8 Å². The van der Waals surface area contributed by atoms with E-state index in [1.54, 1.807) is 0 Å². The molecule has 0 amide bonds. The number of nitrogens with one attached hydrogen (secondary N) is 1. The van der Waals surface area contributed by atoms with Crippen LogP contribution < -0.4 is 5.32 Å². The van der Waals surface area contributed by atoms with Crippen molar-refractivity contribution in [2.75, 3.05) is 26.2 Å². The van der Waals surface area contributed by atoms with Gasteiger partial charge in [-0.3, -0.25) is 4.90 Å². The van der Waals surface area contributed by atoms with Gasteiger partial charge in [0, 0.05) is 25.2 Å². The van der Waals surface area contributed by atoms with Gasteiger partial charge >= 0.3 is 0 Å². The van der Waals surface area contributed by atoms with Crippen molar-refractivity contribution in [2.24, 2.45) is 7.05 Å². The molecule has 6 heteroatoms. The van der Waals surface area contributed by atoms with Gasteiger partial charge in [0.25, 0.3) is 0 Å². The maximum atomic E-state index is 6.05. The summed E-state index contributed by atoms with van der Waals surface area (Å²) in [4.78, 5) is 7.18. The summed E-state index contributed by atoms with van der Waals surface area (Å²) in [6, 6.07) is 5.87. The van der Waals surface area contributed by atoms with Crippen LogP contribution in [0.2, 0.25) is 5.02 Å². The fraction of sp³-hybridized carbons (Fsp3) is 0.500. The van der Waals surface area contributed by atoms with E-state index < -0.39 is 0 Å². The molecule has 3 rings (SSSR count). The Kier molecular flexibility index (Phi) is 5.27. The topological polar surface area (TPSA) is 33.1 Å². The number of nitrogens with zero attached hydrogens (tertiary/aromatic N) is 3. The standard InChI is InChI=1S/C14H19ClN4.ClH/c1-18-13-9-11(15)3-4-12(13)17-14(18)10-19-7-2-5-16-6-8-19;/h3-4,9,16H,2,5-8,10H2,1H3;1H. The zero-order valence-electron chi connectivity index (χ0n) is 11.6.